The van der Waals surface area contributed by atoms with Crippen molar-refractivity contribution in [2.45, 2.75) is 19.1 Å². The van der Waals surface area contributed by atoms with Gasteiger partial charge in [-0.1, -0.05) is 18.2 Å². The third-order valence-corrected chi connectivity index (χ3v) is 2.69. The van der Waals surface area contributed by atoms with Gasteiger partial charge < -0.3 is 10.5 Å². The van der Waals surface area contributed by atoms with Gasteiger partial charge in [-0.15, -0.1) is 0 Å². The van der Waals surface area contributed by atoms with E-state index >= 15 is 0 Å². The molecule has 2 aromatic rings. The molecule has 0 radical (unpaired) electrons. The lowest BCUT2D eigenvalue weighted by Gasteiger charge is -2.15. The van der Waals surface area contributed by atoms with Crippen molar-refractivity contribution in [2.75, 3.05) is 0 Å². The molecule has 1 aromatic heterocycles. The Labute approximate surface area is 114 Å². The van der Waals surface area contributed by atoms with E-state index in [1.54, 1.807) is 19.1 Å². The van der Waals surface area contributed by atoms with Crippen LogP contribution in [0.1, 0.15) is 24.1 Å². The summed E-state index contributed by atoms with van der Waals surface area (Å²) >= 11 is 0. The van der Waals surface area contributed by atoms with Crippen molar-refractivity contribution in [1.82, 2.24) is 4.98 Å². The molecule has 0 aliphatic rings. The molecule has 1 atom stereocenters. The molecule has 2 N–H and O–H groups in total. The van der Waals surface area contributed by atoms with Gasteiger partial charge in [0.15, 0.2) is 0 Å². The van der Waals surface area contributed by atoms with E-state index in [0.717, 1.165) is 6.07 Å². The Morgan fingerprint density at radius 2 is 1.85 bits per heavy atom. The lowest BCUT2D eigenvalue weighted by atomic mass is 10.1. The molecular formula is C14H13F3N2O. The maximum atomic E-state index is 12.9. The van der Waals surface area contributed by atoms with Crippen LogP contribution in [0, 0.1) is 0 Å². The number of rotatable bonds is 3. The largest absolute Gasteiger partial charge is 0.438 e. The zero-order valence-corrected chi connectivity index (χ0v) is 10.7. The van der Waals surface area contributed by atoms with Gasteiger partial charge in [-0.2, -0.15) is 13.2 Å². The highest BCUT2D eigenvalue weighted by Gasteiger charge is 2.34. The van der Waals surface area contributed by atoms with Crippen LogP contribution in [0.25, 0.3) is 0 Å². The number of nitrogens with two attached hydrogens (primary N) is 1. The fourth-order valence-corrected chi connectivity index (χ4v) is 1.73. The molecule has 106 valence electrons. The fourth-order valence-electron chi connectivity index (χ4n) is 1.73. The summed E-state index contributed by atoms with van der Waals surface area (Å²) in [5, 5.41) is 0. The van der Waals surface area contributed by atoms with E-state index in [1.807, 2.05) is 0 Å². The lowest BCUT2D eigenvalue weighted by molar-refractivity contribution is -0.138. The van der Waals surface area contributed by atoms with E-state index in [0.29, 0.717) is 5.56 Å². The zero-order chi connectivity index (χ0) is 14.8. The predicted molar refractivity (Wildman–Crippen MR) is 68.4 cm³/mol. The molecule has 20 heavy (non-hydrogen) atoms. The van der Waals surface area contributed by atoms with Crippen molar-refractivity contribution >= 4 is 0 Å². The Kier molecular flexibility index (Phi) is 3.94. The molecule has 0 aliphatic heterocycles. The third kappa shape index (κ3) is 3.08. The molecule has 0 spiro atoms. The number of hydrogen-bond donors (Lipinski definition) is 1. The number of alkyl halides is 3. The normalized spacial score (nSPS) is 13.1. The highest BCUT2D eigenvalue weighted by molar-refractivity contribution is 5.40. The first-order valence-corrected chi connectivity index (χ1v) is 5.94. The van der Waals surface area contributed by atoms with Gasteiger partial charge in [-0.25, -0.2) is 4.98 Å². The Bertz CT molecular complexity index is 597. The lowest BCUT2D eigenvalue weighted by Crippen LogP contribution is -2.10. The first kappa shape index (κ1) is 14.3. The molecule has 1 heterocycles. The van der Waals surface area contributed by atoms with E-state index in [4.69, 9.17) is 10.5 Å². The maximum Gasteiger partial charge on any atom is 0.419 e. The van der Waals surface area contributed by atoms with Gasteiger partial charge in [0, 0.05) is 17.8 Å². The highest BCUT2D eigenvalue weighted by atomic mass is 19.4. The predicted octanol–water partition coefficient (Wildman–Crippen LogP) is 3.91. The number of benzene rings is 1. The molecule has 0 aliphatic carbocycles. The quantitative estimate of drug-likeness (QED) is 0.928. The summed E-state index contributed by atoms with van der Waals surface area (Å²) in [6.45, 7) is 1.71. The second-order valence-electron chi connectivity index (χ2n) is 4.28. The van der Waals surface area contributed by atoms with Gasteiger partial charge in [0.2, 0.25) is 5.88 Å². The van der Waals surface area contributed by atoms with Crippen LogP contribution in [0.4, 0.5) is 13.2 Å². The molecule has 0 amide bonds. The molecule has 2 rings (SSSR count). The second kappa shape index (κ2) is 5.50. The number of nitrogens with zero attached hydrogens (tertiary/aromatic N) is 1. The molecule has 1 unspecified atom stereocenters. The summed E-state index contributed by atoms with van der Waals surface area (Å²) in [7, 11) is 0. The Hall–Kier alpha value is -2.08. The SMILES string of the molecule is CC(N)c1cccnc1Oc1ccccc1C(F)(F)F. The molecular weight excluding hydrogens is 269 g/mol. The number of para-hydroxylation sites is 1. The monoisotopic (exact) mass is 282 g/mol. The van der Waals surface area contributed by atoms with Crippen LogP contribution in [0.3, 0.4) is 0 Å². The van der Waals surface area contributed by atoms with Crippen molar-refractivity contribution in [3.63, 3.8) is 0 Å². The number of halogens is 3. The maximum absolute atomic E-state index is 12.9. The standard InChI is InChI=1S/C14H13F3N2O/c1-9(18)10-5-4-8-19-13(10)20-12-7-3-2-6-11(12)14(15,16)17/h2-9H,18H2,1H3. The van der Waals surface area contributed by atoms with Crippen LogP contribution in [0.2, 0.25) is 0 Å². The zero-order valence-electron chi connectivity index (χ0n) is 10.7. The van der Waals surface area contributed by atoms with Crippen LogP contribution in [0.15, 0.2) is 42.6 Å². The summed E-state index contributed by atoms with van der Waals surface area (Å²) in [6.07, 6.45) is -3.04. The van der Waals surface area contributed by atoms with E-state index < -0.39 is 17.8 Å². The third-order valence-electron chi connectivity index (χ3n) is 2.69. The average molecular weight is 282 g/mol. The smallest absolute Gasteiger partial charge is 0.419 e. The summed E-state index contributed by atoms with van der Waals surface area (Å²) in [5.74, 6) is -0.209. The van der Waals surface area contributed by atoms with Gasteiger partial charge in [0.25, 0.3) is 0 Å². The Morgan fingerprint density at radius 3 is 2.50 bits per heavy atom. The minimum Gasteiger partial charge on any atom is -0.438 e. The van der Waals surface area contributed by atoms with Crippen LogP contribution in [0.5, 0.6) is 11.6 Å². The highest BCUT2D eigenvalue weighted by Crippen LogP contribution is 2.38. The van der Waals surface area contributed by atoms with Crippen LogP contribution < -0.4 is 10.5 Å². The van der Waals surface area contributed by atoms with Crippen molar-refractivity contribution < 1.29 is 17.9 Å². The fraction of sp³-hybridized carbons (Fsp3) is 0.214. The van der Waals surface area contributed by atoms with E-state index in [-0.39, 0.29) is 11.6 Å². The van der Waals surface area contributed by atoms with Gasteiger partial charge >= 0.3 is 6.18 Å². The first-order chi connectivity index (χ1) is 9.39. The molecule has 1 aromatic carbocycles. The van der Waals surface area contributed by atoms with E-state index in [9.17, 15) is 13.2 Å². The van der Waals surface area contributed by atoms with Gasteiger partial charge in [-0.05, 0) is 25.1 Å². The van der Waals surface area contributed by atoms with Crippen molar-refractivity contribution in [3.8, 4) is 11.6 Å². The summed E-state index contributed by atoms with van der Waals surface area (Å²) in [5.41, 5.74) is 5.45. The van der Waals surface area contributed by atoms with E-state index in [2.05, 4.69) is 4.98 Å². The van der Waals surface area contributed by atoms with Crippen LogP contribution in [-0.2, 0) is 6.18 Å². The molecule has 6 heteroatoms. The van der Waals surface area contributed by atoms with Crippen molar-refractivity contribution in [3.05, 3.63) is 53.7 Å². The molecule has 0 fully saturated rings. The topological polar surface area (TPSA) is 48.1 Å². The molecule has 3 nitrogen and oxygen atoms in total. The first-order valence-electron chi connectivity index (χ1n) is 5.94. The van der Waals surface area contributed by atoms with Crippen LogP contribution in [-0.4, -0.2) is 4.98 Å². The number of pyridine rings is 1. The Morgan fingerprint density at radius 1 is 1.15 bits per heavy atom. The summed E-state index contributed by atoms with van der Waals surface area (Å²) < 4.78 is 44.0. The number of aromatic nitrogens is 1. The van der Waals surface area contributed by atoms with Crippen molar-refractivity contribution in [1.29, 1.82) is 0 Å². The molecule has 0 saturated heterocycles. The van der Waals surface area contributed by atoms with Gasteiger partial charge in [0.1, 0.15) is 5.75 Å². The summed E-state index contributed by atoms with van der Waals surface area (Å²) in [6, 6.07) is 7.92. The van der Waals surface area contributed by atoms with Crippen molar-refractivity contribution in [2.24, 2.45) is 5.73 Å². The number of ether oxygens (including phenoxy) is 1. The van der Waals surface area contributed by atoms with Gasteiger partial charge in [-0.3, -0.25) is 0 Å². The number of hydrogen-bond acceptors (Lipinski definition) is 3. The second-order valence-corrected chi connectivity index (χ2v) is 4.28. The minimum absolute atomic E-state index is 0.0826. The molecule has 0 saturated carbocycles. The minimum atomic E-state index is -4.49. The summed E-state index contributed by atoms with van der Waals surface area (Å²) in [4.78, 5) is 3.95. The Balaban J connectivity index is 2.41. The van der Waals surface area contributed by atoms with Crippen LogP contribution >= 0.6 is 0 Å². The molecule has 0 bridgehead atoms. The average Bonchev–Trinajstić information content (AvgIpc) is 2.38. The van der Waals surface area contributed by atoms with E-state index in [1.165, 1.54) is 24.4 Å². The van der Waals surface area contributed by atoms with Gasteiger partial charge in [0.05, 0.1) is 5.56 Å².